The van der Waals surface area contributed by atoms with Gasteiger partial charge >= 0.3 is 6.03 Å². The molecule has 0 unspecified atom stereocenters. The number of anilines is 1. The van der Waals surface area contributed by atoms with Crippen molar-refractivity contribution in [2.24, 2.45) is 0 Å². The van der Waals surface area contributed by atoms with E-state index in [1.165, 1.54) is 106 Å². The van der Waals surface area contributed by atoms with Crippen LogP contribution in [0.5, 0.6) is 0 Å². The number of thiophene rings is 1. The molecule has 0 spiro atoms. The summed E-state index contributed by atoms with van der Waals surface area (Å²) < 4.78 is 1.37. The van der Waals surface area contributed by atoms with E-state index in [1.54, 1.807) is 11.3 Å². The third kappa shape index (κ3) is 5.95. The van der Waals surface area contributed by atoms with Crippen LogP contribution in [0.25, 0.3) is 0 Å². The molecule has 0 atom stereocenters. The molecule has 0 radical (unpaired) electrons. The van der Waals surface area contributed by atoms with Crippen LogP contribution in [0.2, 0.25) is 0 Å². The normalized spacial score (nSPS) is 21.8. The fourth-order valence-electron chi connectivity index (χ4n) is 5.46. The van der Waals surface area contributed by atoms with Gasteiger partial charge in [0.25, 0.3) is 0 Å². The van der Waals surface area contributed by atoms with E-state index in [0.29, 0.717) is 12.1 Å². The summed E-state index contributed by atoms with van der Waals surface area (Å²) in [5, 5.41) is 4.34. The Morgan fingerprint density at radius 2 is 1.63 bits per heavy atom. The van der Waals surface area contributed by atoms with Crippen molar-refractivity contribution >= 4 is 34.1 Å². The van der Waals surface area contributed by atoms with Gasteiger partial charge in [-0.2, -0.15) is 0 Å². The molecule has 1 aliphatic heterocycles. The molecular weight excluding hydrogens is 410 g/mol. The van der Waals surface area contributed by atoms with Crippen molar-refractivity contribution < 1.29 is 4.79 Å². The van der Waals surface area contributed by atoms with Gasteiger partial charge < -0.3 is 9.80 Å². The molecule has 30 heavy (non-hydrogen) atoms. The van der Waals surface area contributed by atoms with Gasteiger partial charge in [0.1, 0.15) is 0 Å². The lowest BCUT2D eigenvalue weighted by Crippen LogP contribution is -2.50. The van der Waals surface area contributed by atoms with Gasteiger partial charge in [-0.25, -0.2) is 4.79 Å². The highest BCUT2D eigenvalue weighted by Crippen LogP contribution is 2.36. The summed E-state index contributed by atoms with van der Waals surface area (Å²) in [5.41, 5.74) is 1.31. The molecule has 4 rings (SSSR count). The molecule has 2 heterocycles. The van der Waals surface area contributed by atoms with Crippen molar-refractivity contribution in [2.45, 2.75) is 100 Å². The number of urea groups is 1. The van der Waals surface area contributed by atoms with Crippen molar-refractivity contribution in [3.63, 3.8) is 0 Å². The van der Waals surface area contributed by atoms with Crippen LogP contribution in [0.15, 0.2) is 10.3 Å². The lowest BCUT2D eigenvalue weighted by Gasteiger charge is -2.41. The van der Waals surface area contributed by atoms with Gasteiger partial charge in [-0.15, -0.1) is 23.1 Å². The Hall–Kier alpha value is -0.720. The van der Waals surface area contributed by atoms with Gasteiger partial charge in [-0.3, -0.25) is 5.32 Å². The largest absolute Gasteiger partial charge is 0.322 e. The highest BCUT2D eigenvalue weighted by atomic mass is 32.2. The zero-order chi connectivity index (χ0) is 20.8. The Kier molecular flexibility index (Phi) is 8.42. The van der Waals surface area contributed by atoms with Crippen LogP contribution in [-0.4, -0.2) is 53.3 Å². The highest BCUT2D eigenvalue weighted by molar-refractivity contribution is 8.01. The molecule has 4 nitrogen and oxygen atoms in total. The van der Waals surface area contributed by atoms with Crippen molar-refractivity contribution in [1.82, 2.24) is 9.80 Å². The zero-order valence-electron chi connectivity index (χ0n) is 18.7. The average molecular weight is 450 g/mol. The van der Waals surface area contributed by atoms with Crippen LogP contribution in [0.4, 0.5) is 9.80 Å². The first kappa shape index (κ1) is 22.5. The maximum atomic E-state index is 13.4. The van der Waals surface area contributed by atoms with Crippen molar-refractivity contribution in [1.29, 1.82) is 0 Å². The lowest BCUT2D eigenvalue weighted by atomic mass is 9.89. The van der Waals surface area contributed by atoms with Gasteiger partial charge in [0.15, 0.2) is 0 Å². The minimum atomic E-state index is 0.156. The van der Waals surface area contributed by atoms with E-state index in [1.807, 2.05) is 11.8 Å². The number of rotatable bonds is 7. The standard InChI is InChI=1S/C24H39N3OS2/c1-19-18-22(30-23(19)29-17-16-26-14-8-9-15-26)25-24(28)27(20-10-4-2-5-11-20)21-12-6-3-7-13-21/h18,20-21H,2-17H2,1H3,(H,25,28). The smallest absolute Gasteiger partial charge is 0.319 e. The molecule has 168 valence electrons. The van der Waals surface area contributed by atoms with E-state index in [9.17, 15) is 4.79 Å². The molecule has 1 N–H and O–H groups in total. The van der Waals surface area contributed by atoms with E-state index in [-0.39, 0.29) is 6.03 Å². The second kappa shape index (κ2) is 11.2. The van der Waals surface area contributed by atoms with Gasteiger partial charge in [-0.1, -0.05) is 38.5 Å². The van der Waals surface area contributed by atoms with Crippen LogP contribution in [0.1, 0.15) is 82.6 Å². The maximum absolute atomic E-state index is 13.4. The van der Waals surface area contributed by atoms with Crippen LogP contribution in [0, 0.1) is 6.92 Å². The molecule has 2 amide bonds. The summed E-state index contributed by atoms with van der Waals surface area (Å²) >= 11 is 3.73. The predicted molar refractivity (Wildman–Crippen MR) is 130 cm³/mol. The number of hydrogen-bond donors (Lipinski definition) is 1. The predicted octanol–water partition coefficient (Wildman–Crippen LogP) is 6.74. The summed E-state index contributed by atoms with van der Waals surface area (Å²) in [5.74, 6) is 1.14. The summed E-state index contributed by atoms with van der Waals surface area (Å²) in [6.45, 7) is 5.90. The van der Waals surface area contributed by atoms with E-state index < -0.39 is 0 Å². The molecule has 6 heteroatoms. The van der Waals surface area contributed by atoms with Crippen LogP contribution < -0.4 is 5.32 Å². The first-order chi connectivity index (χ1) is 14.7. The number of likely N-dealkylation sites (tertiary alicyclic amines) is 1. The van der Waals surface area contributed by atoms with Crippen molar-refractivity contribution in [3.8, 4) is 0 Å². The molecule has 1 aromatic heterocycles. The van der Waals surface area contributed by atoms with Crippen LogP contribution >= 0.6 is 23.1 Å². The maximum Gasteiger partial charge on any atom is 0.322 e. The molecule has 1 saturated heterocycles. The number of nitrogens with zero attached hydrogens (tertiary/aromatic N) is 2. The number of carbonyl (C=O) groups excluding carboxylic acids is 1. The zero-order valence-corrected chi connectivity index (χ0v) is 20.3. The average Bonchev–Trinajstić information content (AvgIpc) is 3.40. The van der Waals surface area contributed by atoms with E-state index in [2.05, 4.69) is 28.1 Å². The van der Waals surface area contributed by atoms with Gasteiger partial charge in [0.2, 0.25) is 0 Å². The van der Waals surface area contributed by atoms with Gasteiger partial charge in [0, 0.05) is 24.4 Å². The monoisotopic (exact) mass is 449 g/mol. The summed E-state index contributed by atoms with van der Waals surface area (Å²) in [6.07, 6.45) is 15.2. The van der Waals surface area contributed by atoms with Crippen molar-refractivity contribution in [3.05, 3.63) is 11.6 Å². The Bertz CT molecular complexity index is 656. The SMILES string of the molecule is Cc1cc(NC(=O)N(C2CCCCC2)C2CCCCC2)sc1SCCN1CCCC1. The fraction of sp³-hybridized carbons (Fsp3) is 0.792. The van der Waals surface area contributed by atoms with Gasteiger partial charge in [0.05, 0.1) is 9.21 Å². The van der Waals surface area contributed by atoms with Crippen molar-refractivity contribution in [2.75, 3.05) is 30.7 Å². The highest BCUT2D eigenvalue weighted by Gasteiger charge is 2.32. The number of hydrogen-bond acceptors (Lipinski definition) is 4. The van der Waals surface area contributed by atoms with E-state index in [4.69, 9.17) is 0 Å². The van der Waals surface area contributed by atoms with Gasteiger partial charge in [-0.05, 0) is 70.2 Å². The van der Waals surface area contributed by atoms with E-state index >= 15 is 0 Å². The molecule has 2 saturated carbocycles. The lowest BCUT2D eigenvalue weighted by molar-refractivity contribution is 0.114. The number of nitrogens with one attached hydrogen (secondary N) is 1. The Balaban J connectivity index is 1.36. The second-order valence-electron chi connectivity index (χ2n) is 9.40. The fourth-order valence-corrected chi connectivity index (χ4v) is 7.83. The molecule has 0 aromatic carbocycles. The summed E-state index contributed by atoms with van der Waals surface area (Å²) in [6, 6.07) is 3.22. The quantitative estimate of drug-likeness (QED) is 0.468. The first-order valence-electron chi connectivity index (χ1n) is 12.3. The molecule has 3 fully saturated rings. The molecule has 0 bridgehead atoms. The van der Waals surface area contributed by atoms with E-state index in [0.717, 1.165) is 10.8 Å². The molecule has 2 aliphatic carbocycles. The third-order valence-electron chi connectivity index (χ3n) is 7.11. The Morgan fingerprint density at radius 3 is 2.23 bits per heavy atom. The molecule has 1 aromatic rings. The summed E-state index contributed by atoms with van der Waals surface area (Å²) in [7, 11) is 0. The number of carbonyl (C=O) groups is 1. The number of aryl methyl sites for hydroxylation is 1. The number of thioether (sulfide) groups is 1. The molecular formula is C24H39N3OS2. The second-order valence-corrected chi connectivity index (χ2v) is 11.8. The summed E-state index contributed by atoms with van der Waals surface area (Å²) in [4.78, 5) is 18.3. The van der Waals surface area contributed by atoms with Crippen LogP contribution in [0.3, 0.4) is 0 Å². The minimum Gasteiger partial charge on any atom is -0.319 e. The van der Waals surface area contributed by atoms with Crippen LogP contribution in [-0.2, 0) is 0 Å². The first-order valence-corrected chi connectivity index (χ1v) is 14.1. The minimum absolute atomic E-state index is 0.156. The Labute approximate surface area is 191 Å². The number of amides is 2. The topological polar surface area (TPSA) is 35.6 Å². The molecule has 3 aliphatic rings. The Morgan fingerprint density at radius 1 is 1.03 bits per heavy atom. The third-order valence-corrected chi connectivity index (χ3v) is 9.63.